The van der Waals surface area contributed by atoms with Gasteiger partial charge < -0.3 is 18.9 Å². The Kier molecular flexibility index (Phi) is 10.3. The number of aliphatic imine (C=N–C) groups is 2. The van der Waals surface area contributed by atoms with Gasteiger partial charge in [-0.25, -0.2) is 0 Å². The van der Waals surface area contributed by atoms with E-state index in [9.17, 15) is 9.59 Å². The summed E-state index contributed by atoms with van der Waals surface area (Å²) in [5.41, 5.74) is 6.13. The Labute approximate surface area is 331 Å². The molecule has 10 nitrogen and oxygen atoms in total. The summed E-state index contributed by atoms with van der Waals surface area (Å²) >= 11 is 6.49. The van der Waals surface area contributed by atoms with E-state index in [2.05, 4.69) is 50.7 Å². The molecule has 4 aliphatic heterocycles. The van der Waals surface area contributed by atoms with E-state index in [0.29, 0.717) is 71.6 Å². The van der Waals surface area contributed by atoms with E-state index in [1.165, 1.54) is 4.90 Å². The molecule has 284 valence electrons. The van der Waals surface area contributed by atoms with Gasteiger partial charge in [-0.05, 0) is 66.1 Å². The molecule has 8 rings (SSSR count). The second-order valence-electron chi connectivity index (χ2n) is 14.7. The normalized spacial score (nSPS) is 17.8. The molecule has 2 amide bonds. The average molecular weight is 777 g/mol. The van der Waals surface area contributed by atoms with Gasteiger partial charge in [0, 0.05) is 64.8 Å². The van der Waals surface area contributed by atoms with E-state index in [-0.39, 0.29) is 28.6 Å². The van der Waals surface area contributed by atoms with Crippen molar-refractivity contribution < 1.29 is 28.5 Å². The number of carbonyl (C=O) groups is 2. The van der Waals surface area contributed by atoms with Crippen molar-refractivity contribution in [3.05, 3.63) is 89.0 Å². The van der Waals surface area contributed by atoms with Gasteiger partial charge in [0.1, 0.15) is 0 Å². The molecule has 4 aliphatic rings. The number of para-hydroxylation sites is 1. The Morgan fingerprint density at radius 3 is 1.87 bits per heavy atom. The summed E-state index contributed by atoms with van der Waals surface area (Å²) < 4.78 is 23.7. The Bertz CT molecular complexity index is 2220. The molecule has 0 fully saturated rings. The summed E-state index contributed by atoms with van der Waals surface area (Å²) in [6.45, 7) is 4.93. The minimum atomic E-state index is -0.171. The molecule has 0 radical (unpaired) electrons. The summed E-state index contributed by atoms with van der Waals surface area (Å²) in [6, 6.07) is 21.0. The van der Waals surface area contributed by atoms with Crippen molar-refractivity contribution in [2.45, 2.75) is 67.7 Å². The highest BCUT2D eigenvalue weighted by atomic mass is 32.2. The zero-order valence-electron chi connectivity index (χ0n) is 31.4. The molecule has 4 aromatic rings. The minimum absolute atomic E-state index is 0.0352. The standard InChI is InChI=1S/C43H44N4O6S2/c1-43(2,54)13-7-16-55-30-11-12-36-27(19-30)18-29-25-45-34-23-40(38(51-4)21-32(34)42(49)47(29)36)53-15-8-14-52-39-22-33-31(20-37(39)50-3)41(48)46-28(24-44-33)17-26-9-5-6-10-35(26)46/h5-6,9-12,19-25,28-29,54H,7-8,13-18H2,1-4H3/t28-,29-/m0/s1. The van der Waals surface area contributed by atoms with Crippen LogP contribution in [0.2, 0.25) is 0 Å². The van der Waals surface area contributed by atoms with E-state index in [1.54, 1.807) is 38.5 Å². The summed E-state index contributed by atoms with van der Waals surface area (Å²) in [6.07, 6.45) is 7.83. The van der Waals surface area contributed by atoms with Crippen molar-refractivity contribution in [1.82, 2.24) is 0 Å². The lowest BCUT2D eigenvalue weighted by Crippen LogP contribution is -2.37. The zero-order chi connectivity index (χ0) is 38.3. The number of anilines is 2. The summed E-state index contributed by atoms with van der Waals surface area (Å²) in [5, 5.41) is 0. The molecule has 12 heteroatoms. The first kappa shape index (κ1) is 37.0. The lowest BCUT2D eigenvalue weighted by Gasteiger charge is -2.22. The zero-order valence-corrected chi connectivity index (χ0v) is 33.1. The average Bonchev–Trinajstić information content (AvgIpc) is 3.66. The lowest BCUT2D eigenvalue weighted by atomic mass is 10.1. The van der Waals surface area contributed by atoms with Crippen LogP contribution in [0.1, 0.15) is 65.0 Å². The van der Waals surface area contributed by atoms with E-state index < -0.39 is 0 Å². The van der Waals surface area contributed by atoms with Crippen LogP contribution in [-0.2, 0) is 12.8 Å². The fourth-order valence-corrected chi connectivity index (χ4v) is 8.70. The second-order valence-corrected chi connectivity index (χ2v) is 17.1. The predicted octanol–water partition coefficient (Wildman–Crippen LogP) is 8.71. The third-order valence-electron chi connectivity index (χ3n) is 10.3. The van der Waals surface area contributed by atoms with Gasteiger partial charge >= 0.3 is 0 Å². The smallest absolute Gasteiger partial charge is 0.261 e. The summed E-state index contributed by atoms with van der Waals surface area (Å²) in [7, 11) is 3.12. The number of ether oxygens (including phenoxy) is 4. The first-order chi connectivity index (χ1) is 26.6. The van der Waals surface area contributed by atoms with Gasteiger partial charge in [-0.2, -0.15) is 12.6 Å². The number of carbonyl (C=O) groups excluding carboxylic acids is 2. The summed E-state index contributed by atoms with van der Waals surface area (Å²) in [5.74, 6) is 2.70. The van der Waals surface area contributed by atoms with E-state index >= 15 is 0 Å². The highest BCUT2D eigenvalue weighted by molar-refractivity contribution is 7.99. The number of thioether (sulfide) groups is 1. The molecular formula is C43H44N4O6S2. The Morgan fingerprint density at radius 2 is 1.29 bits per heavy atom. The van der Waals surface area contributed by atoms with Crippen LogP contribution in [0.5, 0.6) is 23.0 Å². The molecule has 0 N–H and O–H groups in total. The van der Waals surface area contributed by atoms with Crippen LogP contribution in [0.4, 0.5) is 22.7 Å². The van der Waals surface area contributed by atoms with Crippen molar-refractivity contribution in [3.8, 4) is 23.0 Å². The van der Waals surface area contributed by atoms with Gasteiger partial charge in [0.15, 0.2) is 23.0 Å². The molecule has 2 atom stereocenters. The van der Waals surface area contributed by atoms with Gasteiger partial charge in [-0.3, -0.25) is 29.4 Å². The van der Waals surface area contributed by atoms with Crippen molar-refractivity contribution in [1.29, 1.82) is 0 Å². The number of amides is 2. The Morgan fingerprint density at radius 1 is 0.727 bits per heavy atom. The van der Waals surface area contributed by atoms with Gasteiger partial charge in [0.05, 0.1) is 62.0 Å². The number of nitrogens with zero attached hydrogens (tertiary/aromatic N) is 4. The number of rotatable bonds is 13. The van der Waals surface area contributed by atoms with Crippen LogP contribution in [0.15, 0.2) is 81.6 Å². The monoisotopic (exact) mass is 776 g/mol. The van der Waals surface area contributed by atoms with Gasteiger partial charge in [0.25, 0.3) is 11.8 Å². The van der Waals surface area contributed by atoms with E-state index in [1.807, 2.05) is 52.2 Å². The Balaban J connectivity index is 0.902. The summed E-state index contributed by atoms with van der Waals surface area (Å²) in [4.78, 5) is 42.1. The molecule has 0 aliphatic carbocycles. The van der Waals surface area contributed by atoms with Crippen LogP contribution in [-0.4, -0.2) is 74.3 Å². The SMILES string of the molecule is COc1cc2c(cc1OCCCOc1cc3c(cc1OC)C(=O)N1c4ccc(SCCCC(C)(C)S)cc4C[C@H]1C=N3)N=C[C@@H]1Cc3ccccc3N1C2=O. The molecule has 4 heterocycles. The number of fused-ring (bicyclic) bond motifs is 8. The van der Waals surface area contributed by atoms with Crippen molar-refractivity contribution >= 4 is 71.4 Å². The van der Waals surface area contributed by atoms with Crippen LogP contribution in [0, 0.1) is 0 Å². The van der Waals surface area contributed by atoms with E-state index in [4.69, 9.17) is 28.9 Å². The predicted molar refractivity (Wildman–Crippen MR) is 222 cm³/mol. The number of hydrogen-bond donors (Lipinski definition) is 1. The third-order valence-corrected chi connectivity index (χ3v) is 11.6. The number of benzene rings is 4. The topological polar surface area (TPSA) is 102 Å². The molecular weight excluding hydrogens is 733 g/mol. The maximum absolute atomic E-state index is 14.0. The van der Waals surface area contributed by atoms with Crippen LogP contribution >= 0.6 is 24.4 Å². The molecule has 0 bridgehead atoms. The van der Waals surface area contributed by atoms with Crippen LogP contribution in [0.3, 0.4) is 0 Å². The first-order valence-electron chi connectivity index (χ1n) is 18.6. The largest absolute Gasteiger partial charge is 0.493 e. The first-order valence-corrected chi connectivity index (χ1v) is 20.1. The molecule has 0 saturated carbocycles. The molecule has 4 aromatic carbocycles. The molecule has 55 heavy (non-hydrogen) atoms. The molecule has 0 aromatic heterocycles. The van der Waals surface area contributed by atoms with E-state index in [0.717, 1.165) is 47.5 Å². The fourth-order valence-electron chi connectivity index (χ4n) is 7.63. The van der Waals surface area contributed by atoms with Gasteiger partial charge in [-0.15, -0.1) is 11.8 Å². The van der Waals surface area contributed by atoms with Crippen molar-refractivity contribution in [2.75, 3.05) is 43.0 Å². The lowest BCUT2D eigenvalue weighted by molar-refractivity contribution is 0.0978. The van der Waals surface area contributed by atoms with Gasteiger partial charge in [-0.1, -0.05) is 32.0 Å². The highest BCUT2D eigenvalue weighted by Gasteiger charge is 2.38. The molecule has 0 saturated heterocycles. The maximum Gasteiger partial charge on any atom is 0.261 e. The van der Waals surface area contributed by atoms with Crippen molar-refractivity contribution in [3.63, 3.8) is 0 Å². The maximum atomic E-state index is 14.0. The third kappa shape index (κ3) is 7.41. The highest BCUT2D eigenvalue weighted by Crippen LogP contribution is 2.43. The van der Waals surface area contributed by atoms with Crippen molar-refractivity contribution in [2.24, 2.45) is 9.98 Å². The number of hydrogen-bond acceptors (Lipinski definition) is 10. The fraction of sp³-hybridized carbons (Fsp3) is 0.349. The molecule has 0 unspecified atom stereocenters. The minimum Gasteiger partial charge on any atom is -0.493 e. The van der Waals surface area contributed by atoms with Gasteiger partial charge in [0.2, 0.25) is 0 Å². The van der Waals surface area contributed by atoms with Crippen LogP contribution < -0.4 is 28.7 Å². The Hall–Kier alpha value is -4.94. The quantitative estimate of drug-likeness (QED) is 0.0824. The number of thiol groups is 1. The number of methoxy groups -OCH3 is 2. The van der Waals surface area contributed by atoms with Crippen LogP contribution in [0.25, 0.3) is 0 Å². The second kappa shape index (κ2) is 15.3. The molecule has 0 spiro atoms.